The maximum atomic E-state index is 12.7. The van der Waals surface area contributed by atoms with E-state index in [1.165, 1.54) is 11.1 Å². The number of fused-ring (bicyclic) bond motifs is 3. The number of carbonyl (C=O) groups excluding carboxylic acids is 2. The van der Waals surface area contributed by atoms with Crippen LogP contribution in [0.2, 0.25) is 0 Å². The number of aliphatic carboxylic acids is 1. The molecule has 7 nitrogen and oxygen atoms in total. The van der Waals surface area contributed by atoms with Crippen LogP contribution in [0.5, 0.6) is 0 Å². The third-order valence-corrected chi connectivity index (χ3v) is 7.12. The average molecular weight is 465 g/mol. The van der Waals surface area contributed by atoms with Crippen molar-refractivity contribution in [2.75, 3.05) is 13.2 Å². The van der Waals surface area contributed by atoms with E-state index in [-0.39, 0.29) is 42.9 Å². The largest absolute Gasteiger partial charge is 0.481 e. The van der Waals surface area contributed by atoms with Gasteiger partial charge in [-0.1, -0.05) is 55.5 Å². The average Bonchev–Trinajstić information content (AvgIpc) is 3.17. The lowest BCUT2D eigenvalue weighted by Gasteiger charge is -2.28. The minimum absolute atomic E-state index is 0.00777. The zero-order chi connectivity index (χ0) is 24.1. The topological polar surface area (TPSA) is 105 Å². The third-order valence-electron chi connectivity index (χ3n) is 7.12. The van der Waals surface area contributed by atoms with E-state index in [9.17, 15) is 14.4 Å². The highest BCUT2D eigenvalue weighted by atomic mass is 16.5. The molecule has 4 rings (SSSR count). The minimum Gasteiger partial charge on any atom is -0.481 e. The molecule has 0 aromatic heterocycles. The fourth-order valence-electron chi connectivity index (χ4n) is 5.08. The van der Waals surface area contributed by atoms with Crippen LogP contribution in [-0.4, -0.2) is 42.3 Å². The lowest BCUT2D eigenvalue weighted by atomic mass is 9.86. The lowest BCUT2D eigenvalue weighted by Crippen LogP contribution is -2.44. The molecule has 2 aliphatic rings. The van der Waals surface area contributed by atoms with E-state index in [1.54, 1.807) is 0 Å². The van der Waals surface area contributed by atoms with Crippen LogP contribution in [0.3, 0.4) is 0 Å². The number of alkyl carbamates (subject to hydrolysis) is 1. The Labute approximate surface area is 199 Å². The number of carboxylic acid groups (broad SMARTS) is 1. The van der Waals surface area contributed by atoms with E-state index in [2.05, 4.69) is 34.9 Å². The molecule has 0 heterocycles. The molecule has 3 N–H and O–H groups in total. The molecule has 1 saturated carbocycles. The molecular formula is C27H32N2O5. The number of nitrogens with one attached hydrogen (secondary N) is 2. The molecule has 1 atom stereocenters. The van der Waals surface area contributed by atoms with Gasteiger partial charge < -0.3 is 20.5 Å². The summed E-state index contributed by atoms with van der Waals surface area (Å²) >= 11 is 0. The molecule has 34 heavy (non-hydrogen) atoms. The van der Waals surface area contributed by atoms with E-state index >= 15 is 0 Å². The highest BCUT2D eigenvalue weighted by Gasteiger charge is 2.30. The van der Waals surface area contributed by atoms with Gasteiger partial charge in [0.1, 0.15) is 6.61 Å². The number of benzene rings is 2. The van der Waals surface area contributed by atoms with Crippen molar-refractivity contribution in [3.05, 3.63) is 59.7 Å². The summed E-state index contributed by atoms with van der Waals surface area (Å²) in [6.45, 7) is 2.34. The van der Waals surface area contributed by atoms with Gasteiger partial charge in [-0.3, -0.25) is 9.59 Å². The van der Waals surface area contributed by atoms with Crippen LogP contribution in [0.4, 0.5) is 4.79 Å². The molecular weight excluding hydrogens is 432 g/mol. The Balaban J connectivity index is 1.26. The molecule has 0 aliphatic heterocycles. The molecule has 0 saturated heterocycles. The normalized spacial score (nSPS) is 20.0. The number of ether oxygens (including phenoxy) is 1. The van der Waals surface area contributed by atoms with Gasteiger partial charge in [0.2, 0.25) is 5.91 Å². The maximum Gasteiger partial charge on any atom is 0.407 e. The molecule has 2 amide bonds. The second kappa shape index (κ2) is 10.7. The Kier molecular flexibility index (Phi) is 7.50. The van der Waals surface area contributed by atoms with E-state index in [4.69, 9.17) is 9.84 Å². The summed E-state index contributed by atoms with van der Waals surface area (Å²) < 4.78 is 5.56. The number of amides is 2. The smallest absolute Gasteiger partial charge is 0.407 e. The third kappa shape index (κ3) is 5.24. The van der Waals surface area contributed by atoms with E-state index < -0.39 is 12.1 Å². The Morgan fingerprint density at radius 2 is 1.56 bits per heavy atom. The first-order valence-electron chi connectivity index (χ1n) is 12.1. The van der Waals surface area contributed by atoms with Gasteiger partial charge in [0.05, 0.1) is 11.8 Å². The number of rotatable bonds is 8. The van der Waals surface area contributed by atoms with Crippen molar-refractivity contribution >= 4 is 18.0 Å². The van der Waals surface area contributed by atoms with E-state index in [0.29, 0.717) is 32.1 Å². The zero-order valence-electron chi connectivity index (χ0n) is 19.5. The van der Waals surface area contributed by atoms with Crippen LogP contribution in [-0.2, 0) is 14.3 Å². The fourth-order valence-corrected chi connectivity index (χ4v) is 5.08. The van der Waals surface area contributed by atoms with Crippen molar-refractivity contribution in [3.63, 3.8) is 0 Å². The van der Waals surface area contributed by atoms with Gasteiger partial charge in [0.15, 0.2) is 0 Å². The van der Waals surface area contributed by atoms with Gasteiger partial charge >= 0.3 is 12.1 Å². The van der Waals surface area contributed by atoms with Crippen molar-refractivity contribution in [2.24, 2.45) is 11.8 Å². The molecule has 2 aromatic carbocycles. The standard InChI is InChI=1S/C27H32N2O5/c1-2-17(25(30)29-19-13-11-18(12-14-19)26(31)32)15-28-27(33)34-16-24-22-9-5-3-7-20(22)21-8-4-6-10-23(21)24/h3-10,17-19,24H,2,11-16H2,1H3,(H,28,33)(H,29,30)(H,31,32). The summed E-state index contributed by atoms with van der Waals surface area (Å²) in [5, 5.41) is 14.9. The van der Waals surface area contributed by atoms with Gasteiger partial charge in [0.25, 0.3) is 0 Å². The monoisotopic (exact) mass is 464 g/mol. The first kappa shape index (κ1) is 23.8. The predicted octanol–water partition coefficient (Wildman–Crippen LogP) is 4.31. The van der Waals surface area contributed by atoms with Crippen LogP contribution >= 0.6 is 0 Å². The Bertz CT molecular complexity index is 999. The van der Waals surface area contributed by atoms with Crippen molar-refractivity contribution in [3.8, 4) is 11.1 Å². The SMILES string of the molecule is CCC(CNC(=O)OCC1c2ccccc2-c2ccccc21)C(=O)NC1CCC(C(=O)O)CC1. The zero-order valence-corrected chi connectivity index (χ0v) is 19.5. The Morgan fingerprint density at radius 1 is 0.971 bits per heavy atom. The van der Waals surface area contributed by atoms with Gasteiger partial charge in [0, 0.05) is 18.5 Å². The van der Waals surface area contributed by atoms with Crippen LogP contribution in [0.25, 0.3) is 11.1 Å². The summed E-state index contributed by atoms with van der Waals surface area (Å²) in [6.07, 6.45) is 2.54. The summed E-state index contributed by atoms with van der Waals surface area (Å²) in [5.74, 6) is -1.56. The van der Waals surface area contributed by atoms with Crippen molar-refractivity contribution in [2.45, 2.75) is 51.0 Å². The van der Waals surface area contributed by atoms with Gasteiger partial charge in [-0.05, 0) is 54.4 Å². The minimum atomic E-state index is -0.761. The highest BCUT2D eigenvalue weighted by Crippen LogP contribution is 2.44. The quantitative estimate of drug-likeness (QED) is 0.540. The van der Waals surface area contributed by atoms with E-state index in [1.807, 2.05) is 31.2 Å². The number of hydrogen-bond acceptors (Lipinski definition) is 4. The fraction of sp³-hybridized carbons (Fsp3) is 0.444. The molecule has 0 bridgehead atoms. The number of carbonyl (C=O) groups is 3. The second-order valence-electron chi connectivity index (χ2n) is 9.21. The summed E-state index contributed by atoms with van der Waals surface area (Å²) in [4.78, 5) is 36.2. The lowest BCUT2D eigenvalue weighted by molar-refractivity contribution is -0.142. The Morgan fingerprint density at radius 3 is 2.12 bits per heavy atom. The molecule has 2 aliphatic carbocycles. The second-order valence-corrected chi connectivity index (χ2v) is 9.21. The van der Waals surface area contributed by atoms with Crippen LogP contribution in [0.1, 0.15) is 56.1 Å². The first-order valence-corrected chi connectivity index (χ1v) is 12.1. The van der Waals surface area contributed by atoms with Crippen molar-refractivity contribution in [1.82, 2.24) is 10.6 Å². The summed E-state index contributed by atoms with van der Waals surface area (Å²) in [5.41, 5.74) is 4.65. The van der Waals surface area contributed by atoms with Crippen molar-refractivity contribution in [1.29, 1.82) is 0 Å². The van der Waals surface area contributed by atoms with Gasteiger partial charge in [-0.15, -0.1) is 0 Å². The van der Waals surface area contributed by atoms with E-state index in [0.717, 1.165) is 11.1 Å². The van der Waals surface area contributed by atoms with Gasteiger partial charge in [-0.2, -0.15) is 0 Å². The maximum absolute atomic E-state index is 12.7. The van der Waals surface area contributed by atoms with Crippen molar-refractivity contribution < 1.29 is 24.2 Å². The van der Waals surface area contributed by atoms with Crippen LogP contribution < -0.4 is 10.6 Å². The summed E-state index contributed by atoms with van der Waals surface area (Å²) in [6, 6.07) is 16.3. The van der Waals surface area contributed by atoms with Gasteiger partial charge in [-0.25, -0.2) is 4.79 Å². The first-order chi connectivity index (χ1) is 16.5. The molecule has 7 heteroatoms. The highest BCUT2D eigenvalue weighted by molar-refractivity contribution is 5.80. The molecule has 1 fully saturated rings. The summed E-state index contributed by atoms with van der Waals surface area (Å²) in [7, 11) is 0. The molecule has 1 unspecified atom stereocenters. The Hall–Kier alpha value is -3.35. The van der Waals surface area contributed by atoms with Crippen LogP contribution in [0.15, 0.2) is 48.5 Å². The number of carboxylic acids is 1. The molecule has 180 valence electrons. The number of hydrogen-bond donors (Lipinski definition) is 3. The molecule has 2 aromatic rings. The molecule has 0 radical (unpaired) electrons. The van der Waals surface area contributed by atoms with Crippen LogP contribution in [0, 0.1) is 11.8 Å². The molecule has 0 spiro atoms. The predicted molar refractivity (Wildman–Crippen MR) is 128 cm³/mol.